The Bertz CT molecular complexity index is 524. The Morgan fingerprint density at radius 2 is 2.05 bits per heavy atom. The molecule has 0 fully saturated rings. The van der Waals surface area contributed by atoms with E-state index in [0.29, 0.717) is 0 Å². The normalized spacial score (nSPS) is 12.4. The molecule has 0 radical (unpaired) electrons. The van der Waals surface area contributed by atoms with E-state index in [1.54, 1.807) is 23.5 Å². The minimum atomic E-state index is -0.219. The SMILES string of the molecule is CCN(c1ccc(F)cc1)c1ncc(C(C)NC)s1. The fraction of sp³-hybridized carbons (Fsp3) is 0.357. The van der Waals surface area contributed by atoms with Gasteiger partial charge in [0.1, 0.15) is 5.82 Å². The standard InChI is InChI=1S/C14H18FN3S/c1-4-18(12-7-5-11(15)6-8-12)14-17-9-13(19-14)10(2)16-3/h5-10,16H,4H2,1-3H3. The fourth-order valence-corrected chi connectivity index (χ4v) is 2.85. The zero-order valence-corrected chi connectivity index (χ0v) is 12.2. The molecule has 0 saturated carbocycles. The van der Waals surface area contributed by atoms with E-state index < -0.39 is 0 Å². The van der Waals surface area contributed by atoms with E-state index in [9.17, 15) is 4.39 Å². The third kappa shape index (κ3) is 3.11. The molecule has 1 atom stereocenters. The highest BCUT2D eigenvalue weighted by Gasteiger charge is 2.14. The van der Waals surface area contributed by atoms with Gasteiger partial charge in [0.2, 0.25) is 0 Å². The maximum absolute atomic E-state index is 13.0. The van der Waals surface area contributed by atoms with Crippen LogP contribution in [0.3, 0.4) is 0 Å². The molecule has 2 aromatic rings. The van der Waals surface area contributed by atoms with Gasteiger partial charge in [-0.2, -0.15) is 0 Å². The second kappa shape index (κ2) is 6.12. The molecule has 3 nitrogen and oxygen atoms in total. The van der Waals surface area contributed by atoms with Crippen molar-refractivity contribution in [3.05, 3.63) is 41.2 Å². The van der Waals surface area contributed by atoms with E-state index in [1.165, 1.54) is 17.0 Å². The van der Waals surface area contributed by atoms with Gasteiger partial charge in [-0.3, -0.25) is 0 Å². The summed E-state index contributed by atoms with van der Waals surface area (Å²) in [6, 6.07) is 6.80. The van der Waals surface area contributed by atoms with Gasteiger partial charge in [-0.1, -0.05) is 11.3 Å². The van der Waals surface area contributed by atoms with Crippen LogP contribution in [-0.2, 0) is 0 Å². The number of nitrogens with one attached hydrogen (secondary N) is 1. The number of nitrogens with zero attached hydrogens (tertiary/aromatic N) is 2. The molecule has 1 unspecified atom stereocenters. The average Bonchev–Trinajstić information content (AvgIpc) is 2.90. The van der Waals surface area contributed by atoms with E-state index in [4.69, 9.17) is 0 Å². The van der Waals surface area contributed by atoms with Gasteiger partial charge in [0.25, 0.3) is 0 Å². The Morgan fingerprint density at radius 1 is 1.37 bits per heavy atom. The largest absolute Gasteiger partial charge is 0.318 e. The quantitative estimate of drug-likeness (QED) is 0.904. The van der Waals surface area contributed by atoms with Crippen molar-refractivity contribution in [2.45, 2.75) is 19.9 Å². The lowest BCUT2D eigenvalue weighted by Crippen LogP contribution is -2.15. The molecule has 102 valence electrons. The first-order chi connectivity index (χ1) is 9.15. The zero-order valence-electron chi connectivity index (χ0n) is 11.4. The van der Waals surface area contributed by atoms with Crippen LogP contribution in [0.4, 0.5) is 15.2 Å². The summed E-state index contributed by atoms with van der Waals surface area (Å²) in [5.74, 6) is -0.219. The summed E-state index contributed by atoms with van der Waals surface area (Å²) in [7, 11) is 1.93. The topological polar surface area (TPSA) is 28.2 Å². The molecule has 5 heteroatoms. The predicted octanol–water partition coefficient (Wildman–Crippen LogP) is 3.72. The van der Waals surface area contributed by atoms with Crippen molar-refractivity contribution in [2.75, 3.05) is 18.5 Å². The summed E-state index contributed by atoms with van der Waals surface area (Å²) in [5, 5.41) is 4.14. The van der Waals surface area contributed by atoms with E-state index in [2.05, 4.69) is 29.0 Å². The van der Waals surface area contributed by atoms with Crippen molar-refractivity contribution in [3.8, 4) is 0 Å². The third-order valence-corrected chi connectivity index (χ3v) is 4.26. The predicted molar refractivity (Wildman–Crippen MR) is 78.7 cm³/mol. The maximum atomic E-state index is 13.0. The summed E-state index contributed by atoms with van der Waals surface area (Å²) in [4.78, 5) is 7.74. The highest BCUT2D eigenvalue weighted by molar-refractivity contribution is 7.15. The monoisotopic (exact) mass is 279 g/mol. The molecule has 0 bridgehead atoms. The summed E-state index contributed by atoms with van der Waals surface area (Å²) in [6.07, 6.45) is 1.90. The van der Waals surface area contributed by atoms with Gasteiger partial charge in [0.15, 0.2) is 5.13 Å². The van der Waals surface area contributed by atoms with Gasteiger partial charge >= 0.3 is 0 Å². The number of thiazole rings is 1. The van der Waals surface area contributed by atoms with Crippen molar-refractivity contribution in [2.24, 2.45) is 0 Å². The Balaban J connectivity index is 2.26. The smallest absolute Gasteiger partial charge is 0.190 e. The molecular weight excluding hydrogens is 261 g/mol. The van der Waals surface area contributed by atoms with E-state index in [1.807, 2.05) is 13.2 Å². The summed E-state index contributed by atoms with van der Waals surface area (Å²) in [5.41, 5.74) is 0.960. The molecule has 0 spiro atoms. The Morgan fingerprint density at radius 3 is 2.63 bits per heavy atom. The van der Waals surface area contributed by atoms with E-state index >= 15 is 0 Å². The molecule has 19 heavy (non-hydrogen) atoms. The molecule has 0 amide bonds. The molecule has 2 rings (SSSR count). The van der Waals surface area contributed by atoms with Crippen LogP contribution in [0.1, 0.15) is 24.8 Å². The van der Waals surface area contributed by atoms with Gasteiger partial charge < -0.3 is 10.2 Å². The van der Waals surface area contributed by atoms with Crippen molar-refractivity contribution < 1.29 is 4.39 Å². The number of halogens is 1. The molecule has 1 heterocycles. The number of benzene rings is 1. The lowest BCUT2D eigenvalue weighted by molar-refractivity contribution is 0.628. The number of hydrogen-bond acceptors (Lipinski definition) is 4. The first-order valence-electron chi connectivity index (χ1n) is 6.31. The first-order valence-corrected chi connectivity index (χ1v) is 7.13. The molecule has 1 aromatic heterocycles. The summed E-state index contributed by atoms with van der Waals surface area (Å²) < 4.78 is 13.0. The van der Waals surface area contributed by atoms with Gasteiger partial charge in [0, 0.05) is 29.3 Å². The van der Waals surface area contributed by atoms with Crippen molar-refractivity contribution >= 4 is 22.2 Å². The lowest BCUT2D eigenvalue weighted by Gasteiger charge is -2.19. The Hall–Kier alpha value is -1.46. The van der Waals surface area contributed by atoms with Gasteiger partial charge in [-0.15, -0.1) is 0 Å². The van der Waals surface area contributed by atoms with Gasteiger partial charge in [-0.05, 0) is 45.2 Å². The average molecular weight is 279 g/mol. The Labute approximate surface area is 117 Å². The molecule has 0 saturated heterocycles. The Kier molecular flexibility index (Phi) is 4.50. The lowest BCUT2D eigenvalue weighted by atomic mass is 10.3. The van der Waals surface area contributed by atoms with Crippen LogP contribution in [-0.4, -0.2) is 18.6 Å². The third-order valence-electron chi connectivity index (χ3n) is 3.06. The highest BCUT2D eigenvalue weighted by atomic mass is 32.1. The van der Waals surface area contributed by atoms with Crippen LogP contribution in [0.15, 0.2) is 30.5 Å². The van der Waals surface area contributed by atoms with Crippen LogP contribution in [0.5, 0.6) is 0 Å². The number of rotatable bonds is 5. The number of hydrogen-bond donors (Lipinski definition) is 1. The minimum absolute atomic E-state index is 0.219. The van der Waals surface area contributed by atoms with Gasteiger partial charge in [-0.25, -0.2) is 9.37 Å². The molecular formula is C14H18FN3S. The van der Waals surface area contributed by atoms with Crippen LogP contribution >= 0.6 is 11.3 Å². The van der Waals surface area contributed by atoms with Crippen LogP contribution in [0.2, 0.25) is 0 Å². The second-order valence-corrected chi connectivity index (χ2v) is 5.32. The van der Waals surface area contributed by atoms with Gasteiger partial charge in [0.05, 0.1) is 0 Å². The van der Waals surface area contributed by atoms with Crippen LogP contribution < -0.4 is 10.2 Å². The molecule has 0 aliphatic rings. The number of aromatic nitrogens is 1. The van der Waals surface area contributed by atoms with Crippen LogP contribution in [0, 0.1) is 5.82 Å². The molecule has 1 aromatic carbocycles. The van der Waals surface area contributed by atoms with Crippen LogP contribution in [0.25, 0.3) is 0 Å². The van der Waals surface area contributed by atoms with E-state index in [0.717, 1.165) is 17.4 Å². The minimum Gasteiger partial charge on any atom is -0.318 e. The second-order valence-electron chi connectivity index (χ2n) is 4.28. The zero-order chi connectivity index (χ0) is 13.8. The molecule has 1 N–H and O–H groups in total. The summed E-state index contributed by atoms with van der Waals surface area (Å²) >= 11 is 1.66. The highest BCUT2D eigenvalue weighted by Crippen LogP contribution is 2.31. The van der Waals surface area contributed by atoms with Crippen molar-refractivity contribution in [3.63, 3.8) is 0 Å². The van der Waals surface area contributed by atoms with Crippen molar-refractivity contribution in [1.29, 1.82) is 0 Å². The molecule has 0 aliphatic carbocycles. The molecule has 0 aliphatic heterocycles. The van der Waals surface area contributed by atoms with E-state index in [-0.39, 0.29) is 11.9 Å². The maximum Gasteiger partial charge on any atom is 0.190 e. The van der Waals surface area contributed by atoms with Crippen molar-refractivity contribution in [1.82, 2.24) is 10.3 Å². The number of anilines is 2. The first kappa shape index (κ1) is 14.0. The summed E-state index contributed by atoms with van der Waals surface area (Å²) in [6.45, 7) is 4.96. The fourth-order valence-electron chi connectivity index (χ4n) is 1.79.